The Labute approximate surface area is 141 Å². The summed E-state index contributed by atoms with van der Waals surface area (Å²) in [5.74, 6) is 0.688. The molecule has 24 heavy (non-hydrogen) atoms. The third-order valence-electron chi connectivity index (χ3n) is 5.09. The zero-order chi connectivity index (χ0) is 16.4. The van der Waals surface area contributed by atoms with Crippen LogP contribution in [0, 0.1) is 0 Å². The van der Waals surface area contributed by atoms with Crippen LogP contribution < -0.4 is 0 Å². The molecular formula is C17H22N6O. The lowest BCUT2D eigenvalue weighted by Gasteiger charge is -2.38. The van der Waals surface area contributed by atoms with Gasteiger partial charge in [-0.3, -0.25) is 9.69 Å². The van der Waals surface area contributed by atoms with Gasteiger partial charge in [0.15, 0.2) is 5.82 Å². The van der Waals surface area contributed by atoms with Gasteiger partial charge in [0.05, 0.1) is 0 Å². The van der Waals surface area contributed by atoms with Crippen molar-refractivity contribution in [3.8, 4) is 5.82 Å². The lowest BCUT2D eigenvalue weighted by atomic mass is 10.1. The van der Waals surface area contributed by atoms with Crippen molar-refractivity contribution < 1.29 is 4.79 Å². The third kappa shape index (κ3) is 3.03. The zero-order valence-corrected chi connectivity index (χ0v) is 13.7. The van der Waals surface area contributed by atoms with E-state index in [1.54, 1.807) is 29.3 Å². The smallest absolute Gasteiger partial charge is 0.254 e. The van der Waals surface area contributed by atoms with Crippen LogP contribution in [-0.2, 0) is 0 Å². The number of nitrogens with zero attached hydrogens (tertiary/aromatic N) is 6. The van der Waals surface area contributed by atoms with E-state index in [2.05, 4.69) is 20.0 Å². The molecule has 0 N–H and O–H groups in total. The van der Waals surface area contributed by atoms with Crippen LogP contribution in [0.1, 0.15) is 36.0 Å². The number of rotatable bonds is 3. The first-order chi connectivity index (χ1) is 11.8. The molecule has 2 fully saturated rings. The van der Waals surface area contributed by atoms with Gasteiger partial charge in [0.25, 0.3) is 5.91 Å². The third-order valence-corrected chi connectivity index (χ3v) is 5.09. The molecule has 0 atom stereocenters. The molecule has 1 aliphatic heterocycles. The van der Waals surface area contributed by atoms with Gasteiger partial charge >= 0.3 is 0 Å². The Kier molecular flexibility index (Phi) is 4.25. The van der Waals surface area contributed by atoms with E-state index in [0.29, 0.717) is 11.4 Å². The highest BCUT2D eigenvalue weighted by Crippen LogP contribution is 2.24. The van der Waals surface area contributed by atoms with Gasteiger partial charge in [0, 0.05) is 44.0 Å². The van der Waals surface area contributed by atoms with Gasteiger partial charge in [-0.2, -0.15) is 5.10 Å². The molecule has 1 saturated heterocycles. The SMILES string of the molecule is O=C(c1ccnc(-n2cncn2)c1)N1CCN(C2CCCC2)CC1. The Hall–Kier alpha value is -2.28. The van der Waals surface area contributed by atoms with Gasteiger partial charge < -0.3 is 4.90 Å². The number of pyridine rings is 1. The number of amides is 1. The van der Waals surface area contributed by atoms with E-state index in [1.165, 1.54) is 32.0 Å². The predicted molar refractivity (Wildman–Crippen MR) is 88.9 cm³/mol. The second-order valence-corrected chi connectivity index (χ2v) is 6.51. The van der Waals surface area contributed by atoms with E-state index >= 15 is 0 Å². The van der Waals surface area contributed by atoms with E-state index in [-0.39, 0.29) is 5.91 Å². The molecule has 0 radical (unpaired) electrons. The van der Waals surface area contributed by atoms with Crippen molar-refractivity contribution in [3.05, 3.63) is 36.5 Å². The van der Waals surface area contributed by atoms with Crippen LogP contribution in [0.3, 0.4) is 0 Å². The van der Waals surface area contributed by atoms with E-state index in [9.17, 15) is 4.79 Å². The van der Waals surface area contributed by atoms with Crippen molar-refractivity contribution in [1.29, 1.82) is 0 Å². The standard InChI is InChI=1S/C17H22N6O/c24-17(14-5-6-19-16(11-14)23-13-18-12-20-23)22-9-7-21(8-10-22)15-3-1-2-4-15/h5-6,11-13,15H,1-4,7-10H2. The van der Waals surface area contributed by atoms with E-state index in [4.69, 9.17) is 0 Å². The van der Waals surface area contributed by atoms with Gasteiger partial charge in [0.1, 0.15) is 12.7 Å². The van der Waals surface area contributed by atoms with E-state index < -0.39 is 0 Å². The van der Waals surface area contributed by atoms with Crippen molar-refractivity contribution in [2.45, 2.75) is 31.7 Å². The predicted octanol–water partition coefficient (Wildman–Crippen LogP) is 1.36. The van der Waals surface area contributed by atoms with Crippen LogP contribution in [0.4, 0.5) is 0 Å². The summed E-state index contributed by atoms with van der Waals surface area (Å²) in [5, 5.41) is 4.06. The Bertz CT molecular complexity index is 687. The zero-order valence-electron chi connectivity index (χ0n) is 13.7. The van der Waals surface area contributed by atoms with Crippen molar-refractivity contribution in [2.24, 2.45) is 0 Å². The summed E-state index contributed by atoms with van der Waals surface area (Å²) in [7, 11) is 0. The summed E-state index contributed by atoms with van der Waals surface area (Å²) >= 11 is 0. The average Bonchev–Trinajstić information content (AvgIpc) is 3.35. The van der Waals surface area contributed by atoms with Gasteiger partial charge in [-0.15, -0.1) is 0 Å². The molecule has 4 rings (SSSR count). The summed E-state index contributed by atoms with van der Waals surface area (Å²) in [4.78, 5) is 25.5. The fourth-order valence-corrected chi connectivity index (χ4v) is 3.75. The fraction of sp³-hybridized carbons (Fsp3) is 0.529. The first-order valence-electron chi connectivity index (χ1n) is 8.65. The van der Waals surface area contributed by atoms with Gasteiger partial charge in [-0.25, -0.2) is 14.6 Å². The number of aromatic nitrogens is 4. The van der Waals surface area contributed by atoms with Crippen molar-refractivity contribution in [3.63, 3.8) is 0 Å². The second-order valence-electron chi connectivity index (χ2n) is 6.51. The van der Waals surface area contributed by atoms with Crippen LogP contribution in [0.2, 0.25) is 0 Å². The first kappa shape index (κ1) is 15.3. The van der Waals surface area contributed by atoms with E-state index in [1.807, 2.05) is 4.90 Å². The maximum atomic E-state index is 12.8. The Balaban J connectivity index is 1.42. The minimum absolute atomic E-state index is 0.0739. The number of hydrogen-bond donors (Lipinski definition) is 0. The summed E-state index contributed by atoms with van der Waals surface area (Å²) in [5.41, 5.74) is 0.657. The minimum atomic E-state index is 0.0739. The minimum Gasteiger partial charge on any atom is -0.336 e. The number of piperazine rings is 1. The molecule has 7 heteroatoms. The summed E-state index contributed by atoms with van der Waals surface area (Å²) in [6.45, 7) is 3.57. The largest absolute Gasteiger partial charge is 0.336 e. The molecule has 126 valence electrons. The molecule has 0 bridgehead atoms. The molecular weight excluding hydrogens is 304 g/mol. The van der Waals surface area contributed by atoms with Gasteiger partial charge in [0.2, 0.25) is 0 Å². The summed E-state index contributed by atoms with van der Waals surface area (Å²) in [6, 6.07) is 4.29. The molecule has 0 aromatic carbocycles. The molecule has 2 aliphatic rings. The van der Waals surface area contributed by atoms with Crippen LogP contribution >= 0.6 is 0 Å². The maximum Gasteiger partial charge on any atom is 0.254 e. The van der Waals surface area contributed by atoms with Gasteiger partial charge in [-0.05, 0) is 25.0 Å². The van der Waals surface area contributed by atoms with Crippen LogP contribution in [0.15, 0.2) is 31.0 Å². The molecule has 0 spiro atoms. The highest BCUT2D eigenvalue weighted by atomic mass is 16.2. The molecule has 1 amide bonds. The lowest BCUT2D eigenvalue weighted by molar-refractivity contribution is 0.0573. The quantitative estimate of drug-likeness (QED) is 0.852. The van der Waals surface area contributed by atoms with Crippen LogP contribution in [0.25, 0.3) is 5.82 Å². The number of carbonyl (C=O) groups is 1. The first-order valence-corrected chi connectivity index (χ1v) is 8.65. The normalized spacial score (nSPS) is 19.8. The maximum absolute atomic E-state index is 12.8. The average molecular weight is 326 g/mol. The fourth-order valence-electron chi connectivity index (χ4n) is 3.75. The van der Waals surface area contributed by atoms with Crippen molar-refractivity contribution >= 4 is 5.91 Å². The summed E-state index contributed by atoms with van der Waals surface area (Å²) in [6.07, 6.45) is 10.0. The molecule has 3 heterocycles. The number of carbonyl (C=O) groups excluding carboxylic acids is 1. The van der Waals surface area contributed by atoms with Crippen LogP contribution in [0.5, 0.6) is 0 Å². The van der Waals surface area contributed by atoms with E-state index in [0.717, 1.165) is 32.2 Å². The Morgan fingerprint density at radius 2 is 1.92 bits per heavy atom. The molecule has 0 unspecified atom stereocenters. The Morgan fingerprint density at radius 1 is 1.12 bits per heavy atom. The van der Waals surface area contributed by atoms with Gasteiger partial charge in [-0.1, -0.05) is 12.8 Å². The highest BCUT2D eigenvalue weighted by molar-refractivity contribution is 5.94. The monoisotopic (exact) mass is 326 g/mol. The molecule has 1 saturated carbocycles. The van der Waals surface area contributed by atoms with Crippen LogP contribution in [-0.4, -0.2) is 67.7 Å². The molecule has 2 aromatic heterocycles. The molecule has 2 aromatic rings. The topological polar surface area (TPSA) is 67.2 Å². The molecule has 1 aliphatic carbocycles. The highest BCUT2D eigenvalue weighted by Gasteiger charge is 2.28. The lowest BCUT2D eigenvalue weighted by Crippen LogP contribution is -2.51. The summed E-state index contributed by atoms with van der Waals surface area (Å²) < 4.78 is 1.56. The number of hydrogen-bond acceptors (Lipinski definition) is 5. The Morgan fingerprint density at radius 3 is 2.62 bits per heavy atom. The second kappa shape index (κ2) is 6.68. The van der Waals surface area contributed by atoms with Crippen molar-refractivity contribution in [1.82, 2.24) is 29.5 Å². The molecule has 7 nitrogen and oxygen atoms in total. The van der Waals surface area contributed by atoms with Crippen molar-refractivity contribution in [2.75, 3.05) is 26.2 Å².